The van der Waals surface area contributed by atoms with E-state index in [1.54, 1.807) is 0 Å². The molecule has 1 rings (SSSR count). The highest BCUT2D eigenvalue weighted by atomic mass is 15.3. The summed E-state index contributed by atoms with van der Waals surface area (Å²) in [5.41, 5.74) is 1.04. The summed E-state index contributed by atoms with van der Waals surface area (Å²) < 4.78 is 1.86. The molecule has 1 aromatic rings. The van der Waals surface area contributed by atoms with Crippen LogP contribution < -0.4 is 10.6 Å². The summed E-state index contributed by atoms with van der Waals surface area (Å²) in [6.07, 6.45) is 0. The average molecular weight is 182 g/mol. The van der Waals surface area contributed by atoms with Crippen LogP contribution in [0.1, 0.15) is 12.6 Å². The van der Waals surface area contributed by atoms with E-state index in [0.29, 0.717) is 6.04 Å². The van der Waals surface area contributed by atoms with Crippen LogP contribution in [-0.2, 0) is 7.05 Å². The van der Waals surface area contributed by atoms with Crippen molar-refractivity contribution in [1.82, 2.24) is 15.1 Å². The van der Waals surface area contributed by atoms with Gasteiger partial charge in [-0.15, -0.1) is 0 Å². The number of nitrogens with one attached hydrogen (secondary N) is 2. The zero-order valence-electron chi connectivity index (χ0n) is 8.76. The third-order valence-electron chi connectivity index (χ3n) is 2.08. The van der Waals surface area contributed by atoms with Crippen LogP contribution in [0, 0.1) is 6.92 Å². The summed E-state index contributed by atoms with van der Waals surface area (Å²) in [6, 6.07) is 2.51. The molecule has 0 saturated heterocycles. The molecule has 0 amide bonds. The molecular formula is C9H18N4. The second-order valence-corrected chi connectivity index (χ2v) is 3.37. The van der Waals surface area contributed by atoms with Crippen LogP contribution in [-0.4, -0.2) is 29.4 Å². The largest absolute Gasteiger partial charge is 0.369 e. The van der Waals surface area contributed by atoms with Crippen molar-refractivity contribution in [3.8, 4) is 0 Å². The molecule has 0 aliphatic rings. The lowest BCUT2D eigenvalue weighted by molar-refractivity contribution is 0.632. The van der Waals surface area contributed by atoms with Gasteiger partial charge in [-0.3, -0.25) is 4.68 Å². The van der Waals surface area contributed by atoms with Crippen molar-refractivity contribution in [1.29, 1.82) is 0 Å². The van der Waals surface area contributed by atoms with E-state index in [1.807, 2.05) is 31.8 Å². The number of nitrogens with zero attached hydrogens (tertiary/aromatic N) is 2. The quantitative estimate of drug-likeness (QED) is 0.722. The molecule has 0 fully saturated rings. The maximum atomic E-state index is 4.25. The van der Waals surface area contributed by atoms with Crippen molar-refractivity contribution in [2.45, 2.75) is 19.9 Å². The molecule has 0 saturated carbocycles. The van der Waals surface area contributed by atoms with Crippen molar-refractivity contribution in [3.63, 3.8) is 0 Å². The fourth-order valence-electron chi connectivity index (χ4n) is 1.14. The predicted molar refractivity (Wildman–Crippen MR) is 55.0 cm³/mol. The molecule has 0 spiro atoms. The van der Waals surface area contributed by atoms with Gasteiger partial charge in [0.2, 0.25) is 0 Å². The minimum absolute atomic E-state index is 0.468. The molecule has 1 heterocycles. The molecule has 1 unspecified atom stereocenters. The van der Waals surface area contributed by atoms with Gasteiger partial charge in [0.05, 0.1) is 5.69 Å². The molecule has 0 bridgehead atoms. The van der Waals surface area contributed by atoms with Crippen molar-refractivity contribution < 1.29 is 0 Å². The third kappa shape index (κ3) is 2.73. The maximum Gasteiger partial charge on any atom is 0.124 e. The Morgan fingerprint density at radius 3 is 2.77 bits per heavy atom. The van der Waals surface area contributed by atoms with Crippen LogP contribution in [0.3, 0.4) is 0 Å². The van der Waals surface area contributed by atoms with Gasteiger partial charge in [-0.25, -0.2) is 0 Å². The Hall–Kier alpha value is -1.03. The summed E-state index contributed by atoms with van der Waals surface area (Å²) in [5, 5.41) is 10.7. The molecule has 1 atom stereocenters. The average Bonchev–Trinajstić information content (AvgIpc) is 2.41. The zero-order chi connectivity index (χ0) is 9.84. The first-order chi connectivity index (χ1) is 6.13. The van der Waals surface area contributed by atoms with Gasteiger partial charge in [-0.1, -0.05) is 0 Å². The topological polar surface area (TPSA) is 41.9 Å². The molecule has 74 valence electrons. The molecule has 4 nitrogen and oxygen atoms in total. The minimum atomic E-state index is 0.468. The molecule has 4 heteroatoms. The standard InChI is InChI=1S/C9H18N4/c1-7-5-9(13(4)12-7)11-6-8(2)10-3/h5,8,10-11H,6H2,1-4H3. The molecule has 13 heavy (non-hydrogen) atoms. The van der Waals surface area contributed by atoms with Crippen molar-refractivity contribution in [2.75, 3.05) is 18.9 Å². The summed E-state index contributed by atoms with van der Waals surface area (Å²) in [6.45, 7) is 5.04. The summed E-state index contributed by atoms with van der Waals surface area (Å²) in [5.74, 6) is 1.07. The van der Waals surface area contributed by atoms with E-state index >= 15 is 0 Å². The maximum absolute atomic E-state index is 4.25. The van der Waals surface area contributed by atoms with Gasteiger partial charge in [0.15, 0.2) is 0 Å². The number of aryl methyl sites for hydroxylation is 2. The number of rotatable bonds is 4. The van der Waals surface area contributed by atoms with Gasteiger partial charge in [-0.2, -0.15) is 5.10 Å². The van der Waals surface area contributed by atoms with Crippen LogP contribution in [0.25, 0.3) is 0 Å². The summed E-state index contributed by atoms with van der Waals surface area (Å²) >= 11 is 0. The lowest BCUT2D eigenvalue weighted by Gasteiger charge is -2.11. The Kier molecular flexibility index (Phi) is 3.31. The van der Waals surface area contributed by atoms with Crippen molar-refractivity contribution >= 4 is 5.82 Å². The monoisotopic (exact) mass is 182 g/mol. The Morgan fingerprint density at radius 2 is 2.31 bits per heavy atom. The lowest BCUT2D eigenvalue weighted by Crippen LogP contribution is -2.29. The van der Waals surface area contributed by atoms with Crippen LogP contribution in [0.2, 0.25) is 0 Å². The Bertz CT molecular complexity index is 267. The SMILES string of the molecule is CNC(C)CNc1cc(C)nn1C. The highest BCUT2D eigenvalue weighted by Crippen LogP contribution is 2.07. The van der Waals surface area contributed by atoms with E-state index < -0.39 is 0 Å². The first-order valence-electron chi connectivity index (χ1n) is 4.55. The van der Waals surface area contributed by atoms with Gasteiger partial charge < -0.3 is 10.6 Å². The second-order valence-electron chi connectivity index (χ2n) is 3.37. The Morgan fingerprint density at radius 1 is 1.62 bits per heavy atom. The van der Waals surface area contributed by atoms with Crippen molar-refractivity contribution in [2.24, 2.45) is 7.05 Å². The first-order valence-corrected chi connectivity index (χ1v) is 4.55. The first kappa shape index (κ1) is 10.1. The molecule has 0 aromatic carbocycles. The fourth-order valence-corrected chi connectivity index (χ4v) is 1.14. The second kappa shape index (κ2) is 4.28. The molecule has 2 N–H and O–H groups in total. The zero-order valence-corrected chi connectivity index (χ0v) is 8.76. The van der Waals surface area contributed by atoms with Gasteiger partial charge in [0, 0.05) is 25.7 Å². The molecule has 0 radical (unpaired) electrons. The highest BCUT2D eigenvalue weighted by molar-refractivity contribution is 5.36. The normalized spacial score (nSPS) is 12.9. The smallest absolute Gasteiger partial charge is 0.124 e. The van der Waals surface area contributed by atoms with E-state index in [4.69, 9.17) is 0 Å². The number of aromatic nitrogens is 2. The van der Waals surface area contributed by atoms with Gasteiger partial charge in [-0.05, 0) is 20.9 Å². The van der Waals surface area contributed by atoms with Gasteiger partial charge in [0.25, 0.3) is 0 Å². The van der Waals surface area contributed by atoms with E-state index in [0.717, 1.165) is 18.1 Å². The van der Waals surface area contributed by atoms with Crippen LogP contribution in [0.4, 0.5) is 5.82 Å². The molecular weight excluding hydrogens is 164 g/mol. The van der Waals surface area contributed by atoms with Crippen LogP contribution in [0.5, 0.6) is 0 Å². The van der Waals surface area contributed by atoms with E-state index in [1.165, 1.54) is 0 Å². The Labute approximate surface area is 79.3 Å². The fraction of sp³-hybridized carbons (Fsp3) is 0.667. The van der Waals surface area contributed by atoms with E-state index in [2.05, 4.69) is 22.7 Å². The number of anilines is 1. The third-order valence-corrected chi connectivity index (χ3v) is 2.08. The number of likely N-dealkylation sites (N-methyl/N-ethyl adjacent to an activating group) is 1. The van der Waals surface area contributed by atoms with Gasteiger partial charge in [0.1, 0.15) is 5.82 Å². The van der Waals surface area contributed by atoms with Crippen LogP contribution in [0.15, 0.2) is 6.07 Å². The molecule has 0 aliphatic heterocycles. The number of hydrogen-bond acceptors (Lipinski definition) is 3. The Balaban J connectivity index is 2.49. The summed E-state index contributed by atoms with van der Waals surface area (Å²) in [4.78, 5) is 0. The summed E-state index contributed by atoms with van der Waals surface area (Å²) in [7, 11) is 3.90. The minimum Gasteiger partial charge on any atom is -0.369 e. The highest BCUT2D eigenvalue weighted by Gasteiger charge is 2.02. The van der Waals surface area contributed by atoms with Gasteiger partial charge >= 0.3 is 0 Å². The van der Waals surface area contributed by atoms with Crippen molar-refractivity contribution in [3.05, 3.63) is 11.8 Å². The molecule has 1 aromatic heterocycles. The predicted octanol–water partition coefficient (Wildman–Crippen LogP) is 0.748. The number of hydrogen-bond donors (Lipinski definition) is 2. The molecule has 0 aliphatic carbocycles. The van der Waals surface area contributed by atoms with Crippen LogP contribution >= 0.6 is 0 Å². The van der Waals surface area contributed by atoms with E-state index in [9.17, 15) is 0 Å². The van der Waals surface area contributed by atoms with E-state index in [-0.39, 0.29) is 0 Å². The lowest BCUT2D eigenvalue weighted by atomic mass is 10.3.